The molecule has 52 heavy (non-hydrogen) atoms. The van der Waals surface area contributed by atoms with E-state index in [1.807, 2.05) is 39.8 Å². The van der Waals surface area contributed by atoms with Crippen molar-refractivity contribution in [3.63, 3.8) is 0 Å². The molecule has 286 valence electrons. The summed E-state index contributed by atoms with van der Waals surface area (Å²) < 4.78 is 0. The SMILES string of the molecule is CC[C@H](C)C(=O)C[C@@H](Cc1ccc(O)cc1)C(=O)N[C@H](C(=O)C[C@@H](CCC(N)=O)C(=O)NCc1ccc(CNC(=O)[C@@H](N)CCN)cc1)[C@@H](C)CC. The highest BCUT2D eigenvalue weighted by Gasteiger charge is 2.33. The highest BCUT2D eigenvalue weighted by atomic mass is 16.3. The van der Waals surface area contributed by atoms with Gasteiger partial charge in [-0.05, 0) is 67.0 Å². The molecule has 13 heteroatoms. The molecule has 13 nitrogen and oxygen atoms in total. The van der Waals surface area contributed by atoms with E-state index in [9.17, 15) is 33.9 Å². The molecule has 0 heterocycles. The summed E-state index contributed by atoms with van der Waals surface area (Å²) >= 11 is 0. The average Bonchev–Trinajstić information content (AvgIpc) is 3.13. The Morgan fingerprint density at radius 2 is 1.25 bits per heavy atom. The van der Waals surface area contributed by atoms with Crippen molar-refractivity contribution < 1.29 is 33.9 Å². The van der Waals surface area contributed by atoms with Crippen molar-refractivity contribution in [2.45, 2.75) is 104 Å². The molecule has 4 amide bonds. The van der Waals surface area contributed by atoms with Crippen LogP contribution < -0.4 is 33.2 Å². The zero-order valence-electron chi connectivity index (χ0n) is 31.0. The topological polar surface area (TPSA) is 237 Å². The van der Waals surface area contributed by atoms with Crippen molar-refractivity contribution in [3.8, 4) is 5.75 Å². The van der Waals surface area contributed by atoms with Crippen LogP contribution in [0.5, 0.6) is 5.75 Å². The highest BCUT2D eigenvalue weighted by molar-refractivity contribution is 5.94. The number of aromatic hydroxyl groups is 1. The lowest BCUT2D eigenvalue weighted by molar-refractivity contribution is -0.135. The van der Waals surface area contributed by atoms with Gasteiger partial charge in [0.05, 0.1) is 12.1 Å². The van der Waals surface area contributed by atoms with Gasteiger partial charge in [-0.25, -0.2) is 0 Å². The van der Waals surface area contributed by atoms with Gasteiger partial charge in [-0.15, -0.1) is 0 Å². The van der Waals surface area contributed by atoms with Gasteiger partial charge >= 0.3 is 0 Å². The Bertz CT molecular complexity index is 1480. The zero-order chi connectivity index (χ0) is 38.8. The highest BCUT2D eigenvalue weighted by Crippen LogP contribution is 2.22. The van der Waals surface area contributed by atoms with Gasteiger partial charge in [-0.3, -0.25) is 28.8 Å². The van der Waals surface area contributed by atoms with E-state index >= 15 is 0 Å². The lowest BCUT2D eigenvalue weighted by Gasteiger charge is -2.27. The van der Waals surface area contributed by atoms with E-state index in [-0.39, 0.29) is 80.3 Å². The Hall–Kier alpha value is -4.62. The molecule has 10 N–H and O–H groups in total. The molecule has 0 aliphatic heterocycles. The fourth-order valence-corrected chi connectivity index (χ4v) is 5.64. The summed E-state index contributed by atoms with van der Waals surface area (Å²) in [5.41, 5.74) is 19.0. The van der Waals surface area contributed by atoms with Crippen molar-refractivity contribution in [1.82, 2.24) is 16.0 Å². The van der Waals surface area contributed by atoms with E-state index in [1.165, 1.54) is 12.1 Å². The molecular weight excluding hydrogens is 664 g/mol. The Morgan fingerprint density at radius 3 is 1.77 bits per heavy atom. The van der Waals surface area contributed by atoms with E-state index < -0.39 is 41.6 Å². The molecule has 0 fully saturated rings. The van der Waals surface area contributed by atoms with Gasteiger partial charge < -0.3 is 38.3 Å². The van der Waals surface area contributed by atoms with E-state index in [1.54, 1.807) is 24.3 Å². The van der Waals surface area contributed by atoms with Gasteiger partial charge in [-0.1, -0.05) is 70.5 Å². The first-order valence-electron chi connectivity index (χ1n) is 18.2. The monoisotopic (exact) mass is 722 g/mol. The number of primary amides is 1. The Balaban J connectivity index is 2.16. The molecule has 0 saturated carbocycles. The van der Waals surface area contributed by atoms with Crippen molar-refractivity contribution in [3.05, 3.63) is 65.2 Å². The second-order valence-corrected chi connectivity index (χ2v) is 13.7. The van der Waals surface area contributed by atoms with Gasteiger partial charge in [0.25, 0.3) is 0 Å². The number of phenols is 1. The summed E-state index contributed by atoms with van der Waals surface area (Å²) in [7, 11) is 0. The van der Waals surface area contributed by atoms with Crippen LogP contribution in [0.4, 0.5) is 0 Å². The third-order valence-corrected chi connectivity index (χ3v) is 9.58. The molecule has 0 aliphatic carbocycles. The van der Waals surface area contributed by atoms with E-state index in [0.29, 0.717) is 25.8 Å². The fourth-order valence-electron chi connectivity index (χ4n) is 5.64. The van der Waals surface area contributed by atoms with Gasteiger partial charge in [0.15, 0.2) is 5.78 Å². The number of Topliss-reactive ketones (excluding diaryl/α,β-unsaturated/α-hetero) is 2. The number of carbonyl (C=O) groups is 6. The van der Waals surface area contributed by atoms with Crippen LogP contribution in [0.25, 0.3) is 0 Å². The largest absolute Gasteiger partial charge is 0.508 e. The predicted molar refractivity (Wildman–Crippen MR) is 199 cm³/mol. The van der Waals surface area contributed by atoms with Crippen LogP contribution in [0, 0.1) is 23.7 Å². The minimum absolute atomic E-state index is 0.00858. The normalized spacial score (nSPS) is 14.6. The van der Waals surface area contributed by atoms with Crippen molar-refractivity contribution in [1.29, 1.82) is 0 Å². The Kier molecular flexibility index (Phi) is 18.7. The number of nitrogens with one attached hydrogen (secondary N) is 3. The number of nitrogens with two attached hydrogens (primary N) is 3. The van der Waals surface area contributed by atoms with E-state index in [2.05, 4.69) is 16.0 Å². The van der Waals surface area contributed by atoms with Crippen molar-refractivity contribution in [2.24, 2.45) is 40.9 Å². The summed E-state index contributed by atoms with van der Waals surface area (Å²) in [6, 6.07) is 12.1. The van der Waals surface area contributed by atoms with Gasteiger partial charge in [0, 0.05) is 50.1 Å². The van der Waals surface area contributed by atoms with Crippen LogP contribution in [0.3, 0.4) is 0 Å². The number of benzene rings is 2. The summed E-state index contributed by atoms with van der Waals surface area (Å²) in [5, 5.41) is 18.2. The number of rotatable bonds is 24. The van der Waals surface area contributed by atoms with Gasteiger partial charge in [-0.2, -0.15) is 0 Å². The molecule has 2 aromatic rings. The molecule has 0 aliphatic rings. The first kappa shape index (κ1) is 43.5. The quantitative estimate of drug-likeness (QED) is 0.0842. The standard InChI is InChI=1S/C39H58N6O7/c1-5-24(3)33(47)21-30(19-26-11-14-31(46)15-12-26)38(51)45-36(25(4)6-2)34(48)20-29(13-16-35(42)49)37(50)43-22-27-7-9-28(10-8-27)23-44-39(52)32(41)17-18-40/h7-12,14-15,24-25,29-30,32,36,46H,5-6,13,16-23,40-41H2,1-4H3,(H2,42,49)(H,43,50)(H,44,52)(H,45,51)/t24-,25-,29+,30+,32-,36-/m0/s1. The number of hydrogen-bond donors (Lipinski definition) is 7. The predicted octanol–water partition coefficient (Wildman–Crippen LogP) is 2.54. The van der Waals surface area contributed by atoms with Crippen LogP contribution in [-0.2, 0) is 48.3 Å². The molecule has 2 rings (SSSR count). The second-order valence-electron chi connectivity index (χ2n) is 13.7. The van der Waals surface area contributed by atoms with Crippen LogP contribution in [-0.4, -0.2) is 58.9 Å². The number of hydrogen-bond acceptors (Lipinski definition) is 9. The first-order valence-corrected chi connectivity index (χ1v) is 18.2. The molecule has 6 atom stereocenters. The van der Waals surface area contributed by atoms with Crippen LogP contribution in [0.2, 0.25) is 0 Å². The van der Waals surface area contributed by atoms with Gasteiger partial charge in [0.1, 0.15) is 11.5 Å². The maximum absolute atomic E-state index is 13.9. The summed E-state index contributed by atoms with van der Waals surface area (Å²) in [6.07, 6.45) is 1.51. The van der Waals surface area contributed by atoms with Crippen LogP contribution in [0.1, 0.15) is 89.3 Å². The third kappa shape index (κ3) is 14.9. The number of carbonyl (C=O) groups excluding carboxylic acids is 6. The fraction of sp³-hybridized carbons (Fsp3) is 0.538. The van der Waals surface area contributed by atoms with Gasteiger partial charge in [0.2, 0.25) is 23.6 Å². The van der Waals surface area contributed by atoms with Crippen molar-refractivity contribution >= 4 is 35.2 Å². The van der Waals surface area contributed by atoms with Crippen molar-refractivity contribution in [2.75, 3.05) is 6.54 Å². The zero-order valence-corrected chi connectivity index (χ0v) is 31.0. The molecule has 0 aromatic heterocycles. The minimum atomic E-state index is -0.930. The Labute approximate surface area is 307 Å². The minimum Gasteiger partial charge on any atom is -0.508 e. The summed E-state index contributed by atoms with van der Waals surface area (Å²) in [5.74, 6) is -4.25. The van der Waals surface area contributed by atoms with Crippen LogP contribution in [0.15, 0.2) is 48.5 Å². The molecule has 0 radical (unpaired) electrons. The maximum atomic E-state index is 13.9. The molecular formula is C39H58N6O7. The smallest absolute Gasteiger partial charge is 0.237 e. The Morgan fingerprint density at radius 1 is 0.712 bits per heavy atom. The van der Waals surface area contributed by atoms with Crippen LogP contribution >= 0.6 is 0 Å². The molecule has 0 spiro atoms. The molecule has 0 unspecified atom stereocenters. The molecule has 0 bridgehead atoms. The molecule has 0 saturated heterocycles. The lowest BCUT2D eigenvalue weighted by Crippen LogP contribution is -2.49. The van der Waals surface area contributed by atoms with E-state index in [0.717, 1.165) is 16.7 Å². The second kappa shape index (κ2) is 22.3. The number of phenolic OH excluding ortho intramolecular Hbond substituents is 1. The average molecular weight is 723 g/mol. The van der Waals surface area contributed by atoms with E-state index in [4.69, 9.17) is 17.2 Å². The lowest BCUT2D eigenvalue weighted by atomic mass is 9.86. The number of ketones is 2. The summed E-state index contributed by atoms with van der Waals surface area (Å²) in [4.78, 5) is 77.9. The summed E-state index contributed by atoms with van der Waals surface area (Å²) in [6.45, 7) is 8.20. The first-order chi connectivity index (χ1) is 24.7. The molecule has 2 aromatic carbocycles. The number of amides is 4. The maximum Gasteiger partial charge on any atom is 0.237 e. The third-order valence-electron chi connectivity index (χ3n) is 9.58.